The van der Waals surface area contributed by atoms with Crippen LogP contribution in [0.4, 0.5) is 4.79 Å². The average Bonchev–Trinajstić information content (AvgIpc) is 2.96. The van der Waals surface area contributed by atoms with Gasteiger partial charge in [-0.1, -0.05) is 33.8 Å². The average molecular weight is 325 g/mol. The number of unbranched alkanes of at least 4 members (excludes halogenated alkanes) is 1. The van der Waals surface area contributed by atoms with Gasteiger partial charge < -0.3 is 19.1 Å². The van der Waals surface area contributed by atoms with E-state index in [-0.39, 0.29) is 23.8 Å². The van der Waals surface area contributed by atoms with Crippen LogP contribution in [-0.2, 0) is 19.0 Å². The minimum Gasteiger partial charge on any atom is -0.449 e. The number of likely N-dealkylation sites (tertiary alicyclic amines) is 1. The SMILES string of the molecule is C=C1OC(=O)[C@H](C(C)C)O[C@H]1[C@@H]1CCCN1C(=O)OCCCC. The molecule has 0 aromatic heterocycles. The summed E-state index contributed by atoms with van der Waals surface area (Å²) in [4.78, 5) is 25.8. The Hall–Kier alpha value is -1.56. The molecule has 2 rings (SSSR count). The molecule has 0 radical (unpaired) electrons. The Morgan fingerprint density at radius 2 is 2.22 bits per heavy atom. The maximum atomic E-state index is 12.3. The topological polar surface area (TPSA) is 65.1 Å². The molecule has 0 N–H and O–H groups in total. The maximum Gasteiger partial charge on any atom is 0.410 e. The fourth-order valence-electron chi connectivity index (χ4n) is 2.99. The Morgan fingerprint density at radius 1 is 1.48 bits per heavy atom. The van der Waals surface area contributed by atoms with Crippen molar-refractivity contribution < 1.29 is 23.8 Å². The molecule has 2 fully saturated rings. The van der Waals surface area contributed by atoms with E-state index >= 15 is 0 Å². The zero-order valence-corrected chi connectivity index (χ0v) is 14.2. The number of carbonyl (C=O) groups is 2. The second kappa shape index (κ2) is 7.81. The molecule has 0 aromatic rings. The van der Waals surface area contributed by atoms with Crippen LogP contribution < -0.4 is 0 Å². The molecule has 0 unspecified atom stereocenters. The van der Waals surface area contributed by atoms with Crippen LogP contribution in [0.1, 0.15) is 46.5 Å². The molecular formula is C17H27NO5. The minimum atomic E-state index is -0.621. The van der Waals surface area contributed by atoms with Gasteiger partial charge in [-0.15, -0.1) is 0 Å². The predicted octanol–water partition coefficient (Wildman–Crippen LogP) is 2.87. The summed E-state index contributed by atoms with van der Waals surface area (Å²) < 4.78 is 16.5. The van der Waals surface area contributed by atoms with Crippen molar-refractivity contribution in [2.45, 2.75) is 64.7 Å². The van der Waals surface area contributed by atoms with Crippen molar-refractivity contribution >= 4 is 12.1 Å². The monoisotopic (exact) mass is 325 g/mol. The van der Waals surface area contributed by atoms with Crippen LogP contribution in [0.25, 0.3) is 0 Å². The molecule has 0 aromatic carbocycles. The zero-order valence-electron chi connectivity index (χ0n) is 14.2. The fraction of sp³-hybridized carbons (Fsp3) is 0.765. The van der Waals surface area contributed by atoms with Crippen LogP contribution in [-0.4, -0.2) is 48.4 Å². The molecule has 6 nitrogen and oxygen atoms in total. The normalized spacial score (nSPS) is 28.2. The highest BCUT2D eigenvalue weighted by Crippen LogP contribution is 2.32. The van der Waals surface area contributed by atoms with Gasteiger partial charge in [0.1, 0.15) is 11.9 Å². The van der Waals surface area contributed by atoms with Crippen LogP contribution in [0.2, 0.25) is 0 Å². The number of ether oxygens (including phenoxy) is 3. The minimum absolute atomic E-state index is 0.00413. The van der Waals surface area contributed by atoms with Crippen molar-refractivity contribution in [2.24, 2.45) is 5.92 Å². The lowest BCUT2D eigenvalue weighted by Gasteiger charge is -2.37. The van der Waals surface area contributed by atoms with Crippen molar-refractivity contribution in [1.29, 1.82) is 0 Å². The van der Waals surface area contributed by atoms with Gasteiger partial charge in [0, 0.05) is 6.54 Å². The summed E-state index contributed by atoms with van der Waals surface area (Å²) in [7, 11) is 0. The number of esters is 1. The van der Waals surface area contributed by atoms with Gasteiger partial charge in [-0.3, -0.25) is 0 Å². The van der Waals surface area contributed by atoms with Crippen molar-refractivity contribution in [3.8, 4) is 0 Å². The number of carbonyl (C=O) groups excluding carboxylic acids is 2. The molecule has 6 heteroatoms. The standard InChI is InChI=1S/C17H27NO5/c1-5-6-10-21-17(20)18-9-7-8-13(18)15-12(4)22-16(19)14(23-15)11(2)3/h11,13-15H,4-10H2,1-3H3/t13-,14-,15+/m0/s1. The summed E-state index contributed by atoms with van der Waals surface area (Å²) in [5, 5.41) is 0. The van der Waals surface area contributed by atoms with Crippen molar-refractivity contribution in [1.82, 2.24) is 4.90 Å². The van der Waals surface area contributed by atoms with Crippen LogP contribution in [0.3, 0.4) is 0 Å². The van der Waals surface area contributed by atoms with Crippen molar-refractivity contribution in [3.05, 3.63) is 12.3 Å². The Balaban J connectivity index is 2.04. The number of hydrogen-bond donors (Lipinski definition) is 0. The molecule has 0 aliphatic carbocycles. The van der Waals surface area contributed by atoms with E-state index in [1.165, 1.54) is 0 Å². The van der Waals surface area contributed by atoms with Gasteiger partial charge in [-0.25, -0.2) is 9.59 Å². The number of nitrogens with zero attached hydrogens (tertiary/aromatic N) is 1. The number of rotatable bonds is 5. The molecule has 0 spiro atoms. The lowest BCUT2D eigenvalue weighted by molar-refractivity contribution is -0.179. The molecule has 2 aliphatic heterocycles. The number of hydrogen-bond acceptors (Lipinski definition) is 5. The molecule has 2 aliphatic rings. The van der Waals surface area contributed by atoms with Gasteiger partial charge in [0.2, 0.25) is 0 Å². The molecule has 0 saturated carbocycles. The lowest BCUT2D eigenvalue weighted by Crippen LogP contribution is -2.51. The molecule has 3 atom stereocenters. The third-order valence-corrected chi connectivity index (χ3v) is 4.29. The molecule has 23 heavy (non-hydrogen) atoms. The highest BCUT2D eigenvalue weighted by atomic mass is 16.6. The molecule has 2 heterocycles. The Labute approximate surface area is 137 Å². The highest BCUT2D eigenvalue weighted by Gasteiger charge is 2.44. The first kappa shape index (κ1) is 17.8. The zero-order chi connectivity index (χ0) is 17.0. The summed E-state index contributed by atoms with van der Waals surface area (Å²) in [6.45, 7) is 10.7. The molecule has 2 saturated heterocycles. The first-order valence-electron chi connectivity index (χ1n) is 8.45. The maximum absolute atomic E-state index is 12.3. The van der Waals surface area contributed by atoms with E-state index in [4.69, 9.17) is 14.2 Å². The van der Waals surface area contributed by atoms with E-state index < -0.39 is 18.2 Å². The van der Waals surface area contributed by atoms with Gasteiger partial charge in [0.05, 0.1) is 12.6 Å². The molecule has 130 valence electrons. The van der Waals surface area contributed by atoms with Crippen molar-refractivity contribution in [3.63, 3.8) is 0 Å². The summed E-state index contributed by atoms with van der Waals surface area (Å²) in [6, 6.07) is -0.189. The molecule has 1 amide bonds. The van der Waals surface area contributed by atoms with Crippen molar-refractivity contribution in [2.75, 3.05) is 13.2 Å². The third-order valence-electron chi connectivity index (χ3n) is 4.29. The lowest BCUT2D eigenvalue weighted by atomic mass is 10.0. The summed E-state index contributed by atoms with van der Waals surface area (Å²) in [5.41, 5.74) is 0. The molecule has 0 bridgehead atoms. The van der Waals surface area contributed by atoms with E-state index in [2.05, 4.69) is 6.58 Å². The number of cyclic esters (lactones) is 1. The van der Waals surface area contributed by atoms with E-state index in [0.29, 0.717) is 13.2 Å². The van der Waals surface area contributed by atoms with Crippen LogP contribution >= 0.6 is 0 Å². The van der Waals surface area contributed by atoms with Gasteiger partial charge in [0.25, 0.3) is 0 Å². The smallest absolute Gasteiger partial charge is 0.410 e. The first-order chi connectivity index (χ1) is 11.0. The van der Waals surface area contributed by atoms with Crippen LogP contribution in [0, 0.1) is 5.92 Å². The van der Waals surface area contributed by atoms with Crippen LogP contribution in [0.5, 0.6) is 0 Å². The third kappa shape index (κ3) is 4.05. The summed E-state index contributed by atoms with van der Waals surface area (Å²) in [6.07, 6.45) is 2.06. The summed E-state index contributed by atoms with van der Waals surface area (Å²) in [5.74, 6) is -0.120. The second-order valence-electron chi connectivity index (χ2n) is 6.48. The van der Waals surface area contributed by atoms with E-state index in [1.54, 1.807) is 4.90 Å². The van der Waals surface area contributed by atoms with E-state index in [9.17, 15) is 9.59 Å². The largest absolute Gasteiger partial charge is 0.449 e. The highest BCUT2D eigenvalue weighted by molar-refractivity contribution is 5.77. The predicted molar refractivity (Wildman–Crippen MR) is 84.7 cm³/mol. The van der Waals surface area contributed by atoms with Gasteiger partial charge in [-0.05, 0) is 25.2 Å². The van der Waals surface area contributed by atoms with E-state index in [0.717, 1.165) is 25.7 Å². The first-order valence-corrected chi connectivity index (χ1v) is 8.45. The fourth-order valence-corrected chi connectivity index (χ4v) is 2.99. The summed E-state index contributed by atoms with van der Waals surface area (Å²) >= 11 is 0. The Bertz CT molecular complexity index is 462. The Morgan fingerprint density at radius 3 is 2.87 bits per heavy atom. The Kier molecular flexibility index (Phi) is 6.04. The van der Waals surface area contributed by atoms with E-state index in [1.807, 2.05) is 20.8 Å². The van der Waals surface area contributed by atoms with Gasteiger partial charge in [0.15, 0.2) is 6.10 Å². The second-order valence-corrected chi connectivity index (χ2v) is 6.48. The number of amides is 1. The van der Waals surface area contributed by atoms with Gasteiger partial charge >= 0.3 is 12.1 Å². The molecular weight excluding hydrogens is 298 g/mol. The quantitative estimate of drug-likeness (QED) is 0.574. The van der Waals surface area contributed by atoms with Crippen LogP contribution in [0.15, 0.2) is 12.3 Å². The van der Waals surface area contributed by atoms with Gasteiger partial charge in [-0.2, -0.15) is 0 Å².